The smallest absolute Gasteiger partial charge is 0.243 e. The standard InChI is InChI=1S/C13H17FN4/c1-9-2-3-10(6-9)7-15-13-16-12-5-4-11(14)8-18(12)17-13/h4-5,8-10H,2-3,6-7H2,1H3,(H,15,17). The molecule has 0 amide bonds. The summed E-state index contributed by atoms with van der Waals surface area (Å²) in [6.07, 6.45) is 5.20. The number of halogens is 1. The molecule has 2 atom stereocenters. The second-order valence-corrected chi connectivity index (χ2v) is 5.25. The van der Waals surface area contributed by atoms with E-state index in [1.54, 1.807) is 6.07 Å². The second-order valence-electron chi connectivity index (χ2n) is 5.25. The van der Waals surface area contributed by atoms with Crippen molar-refractivity contribution in [2.45, 2.75) is 26.2 Å². The molecule has 5 heteroatoms. The highest BCUT2D eigenvalue weighted by Gasteiger charge is 2.21. The lowest BCUT2D eigenvalue weighted by Crippen LogP contribution is -2.12. The van der Waals surface area contributed by atoms with Crippen LogP contribution in [0.2, 0.25) is 0 Å². The van der Waals surface area contributed by atoms with Crippen molar-refractivity contribution >= 4 is 11.6 Å². The maximum Gasteiger partial charge on any atom is 0.243 e. The molecule has 3 rings (SSSR count). The number of nitrogens with zero attached hydrogens (tertiary/aromatic N) is 3. The van der Waals surface area contributed by atoms with Crippen LogP contribution >= 0.6 is 0 Å². The first-order valence-electron chi connectivity index (χ1n) is 6.46. The van der Waals surface area contributed by atoms with E-state index in [9.17, 15) is 4.39 Å². The summed E-state index contributed by atoms with van der Waals surface area (Å²) in [7, 11) is 0. The van der Waals surface area contributed by atoms with Gasteiger partial charge in [-0.25, -0.2) is 8.91 Å². The molecule has 1 aliphatic rings. The Kier molecular flexibility index (Phi) is 2.89. The van der Waals surface area contributed by atoms with Crippen LogP contribution in [-0.4, -0.2) is 21.1 Å². The molecule has 96 valence electrons. The number of aromatic nitrogens is 3. The minimum Gasteiger partial charge on any atom is -0.353 e. The molecule has 1 N–H and O–H groups in total. The number of pyridine rings is 1. The Morgan fingerprint density at radius 3 is 3.11 bits per heavy atom. The Morgan fingerprint density at radius 1 is 1.44 bits per heavy atom. The van der Waals surface area contributed by atoms with Crippen LogP contribution in [0.25, 0.3) is 5.65 Å². The molecule has 0 bridgehead atoms. The molecule has 0 aliphatic heterocycles. The summed E-state index contributed by atoms with van der Waals surface area (Å²) in [4.78, 5) is 4.31. The van der Waals surface area contributed by atoms with Crippen LogP contribution in [0.5, 0.6) is 0 Å². The molecule has 1 saturated carbocycles. The van der Waals surface area contributed by atoms with Crippen LogP contribution in [0.1, 0.15) is 26.2 Å². The van der Waals surface area contributed by atoms with Crippen molar-refractivity contribution in [3.63, 3.8) is 0 Å². The van der Waals surface area contributed by atoms with Gasteiger partial charge < -0.3 is 5.32 Å². The Hall–Kier alpha value is -1.65. The van der Waals surface area contributed by atoms with Crippen LogP contribution in [0.15, 0.2) is 18.3 Å². The molecular formula is C13H17FN4. The highest BCUT2D eigenvalue weighted by Crippen LogP contribution is 2.30. The van der Waals surface area contributed by atoms with Crippen molar-refractivity contribution in [3.05, 3.63) is 24.1 Å². The molecular weight excluding hydrogens is 231 g/mol. The first kappa shape index (κ1) is 11.4. The third kappa shape index (κ3) is 2.30. The summed E-state index contributed by atoms with van der Waals surface area (Å²) in [5.41, 5.74) is 0.665. The summed E-state index contributed by atoms with van der Waals surface area (Å²) < 4.78 is 14.5. The van der Waals surface area contributed by atoms with Crippen molar-refractivity contribution in [3.8, 4) is 0 Å². The molecule has 18 heavy (non-hydrogen) atoms. The van der Waals surface area contributed by atoms with E-state index in [1.807, 2.05) is 0 Å². The number of fused-ring (bicyclic) bond motifs is 1. The number of nitrogens with one attached hydrogen (secondary N) is 1. The summed E-state index contributed by atoms with van der Waals surface area (Å²) in [5, 5.41) is 7.46. The van der Waals surface area contributed by atoms with E-state index in [1.165, 1.54) is 36.0 Å². The van der Waals surface area contributed by atoms with Crippen LogP contribution in [-0.2, 0) is 0 Å². The number of hydrogen-bond donors (Lipinski definition) is 1. The van der Waals surface area contributed by atoms with Crippen molar-refractivity contribution in [1.82, 2.24) is 14.6 Å². The maximum atomic E-state index is 13.0. The van der Waals surface area contributed by atoms with Gasteiger partial charge in [0.2, 0.25) is 5.95 Å². The average molecular weight is 248 g/mol. The van der Waals surface area contributed by atoms with Crippen LogP contribution in [0.3, 0.4) is 0 Å². The summed E-state index contributed by atoms with van der Waals surface area (Å²) >= 11 is 0. The Morgan fingerprint density at radius 2 is 2.33 bits per heavy atom. The normalized spacial score (nSPS) is 23.7. The van der Waals surface area contributed by atoms with Gasteiger partial charge in [0.15, 0.2) is 5.65 Å². The van der Waals surface area contributed by atoms with Gasteiger partial charge in [-0.15, -0.1) is 5.10 Å². The van der Waals surface area contributed by atoms with Gasteiger partial charge in [-0.1, -0.05) is 13.3 Å². The van der Waals surface area contributed by atoms with Crippen molar-refractivity contribution in [2.24, 2.45) is 11.8 Å². The molecule has 1 aliphatic carbocycles. The quantitative estimate of drug-likeness (QED) is 0.908. The molecule has 4 nitrogen and oxygen atoms in total. The largest absolute Gasteiger partial charge is 0.353 e. The zero-order valence-corrected chi connectivity index (χ0v) is 10.4. The lowest BCUT2D eigenvalue weighted by molar-refractivity contribution is 0.536. The Bertz CT molecular complexity index is 551. The molecule has 0 saturated heterocycles. The van der Waals surface area contributed by atoms with Gasteiger partial charge in [-0.05, 0) is 36.8 Å². The first-order valence-corrected chi connectivity index (χ1v) is 6.46. The van der Waals surface area contributed by atoms with Crippen LogP contribution in [0, 0.1) is 17.7 Å². The highest BCUT2D eigenvalue weighted by molar-refractivity contribution is 5.43. The molecule has 0 radical (unpaired) electrons. The van der Waals surface area contributed by atoms with E-state index in [0.29, 0.717) is 17.5 Å². The molecule has 1 fully saturated rings. The SMILES string of the molecule is CC1CCC(CNc2nc3ccc(F)cn3n2)C1. The third-order valence-corrected chi connectivity index (χ3v) is 3.65. The topological polar surface area (TPSA) is 42.2 Å². The van der Waals surface area contributed by atoms with Gasteiger partial charge in [0, 0.05) is 6.54 Å². The van der Waals surface area contributed by atoms with Crippen LogP contribution < -0.4 is 5.32 Å². The van der Waals surface area contributed by atoms with E-state index in [0.717, 1.165) is 12.5 Å². The van der Waals surface area contributed by atoms with E-state index >= 15 is 0 Å². The van der Waals surface area contributed by atoms with Gasteiger partial charge in [0.1, 0.15) is 5.82 Å². The number of rotatable bonds is 3. The van der Waals surface area contributed by atoms with E-state index < -0.39 is 0 Å². The lowest BCUT2D eigenvalue weighted by Gasteiger charge is -2.08. The second kappa shape index (κ2) is 4.55. The van der Waals surface area contributed by atoms with E-state index in [4.69, 9.17) is 0 Å². The van der Waals surface area contributed by atoms with E-state index in [2.05, 4.69) is 22.3 Å². The average Bonchev–Trinajstić information content (AvgIpc) is 2.92. The third-order valence-electron chi connectivity index (χ3n) is 3.65. The van der Waals surface area contributed by atoms with Gasteiger partial charge in [0.25, 0.3) is 0 Å². The fourth-order valence-electron chi connectivity index (χ4n) is 2.68. The maximum absolute atomic E-state index is 13.0. The first-order chi connectivity index (χ1) is 8.70. The Labute approximate surface area is 105 Å². The Balaban J connectivity index is 1.67. The molecule has 0 aromatic carbocycles. The van der Waals surface area contributed by atoms with Crippen LogP contribution in [0.4, 0.5) is 10.3 Å². The van der Waals surface area contributed by atoms with Gasteiger partial charge in [0.05, 0.1) is 6.20 Å². The van der Waals surface area contributed by atoms with Gasteiger partial charge >= 0.3 is 0 Å². The molecule has 2 unspecified atom stereocenters. The highest BCUT2D eigenvalue weighted by atomic mass is 19.1. The summed E-state index contributed by atoms with van der Waals surface area (Å²) in [5.74, 6) is 1.83. The summed E-state index contributed by atoms with van der Waals surface area (Å²) in [6, 6.07) is 3.03. The van der Waals surface area contributed by atoms with E-state index in [-0.39, 0.29) is 5.82 Å². The minimum absolute atomic E-state index is 0.302. The van der Waals surface area contributed by atoms with Gasteiger partial charge in [-0.3, -0.25) is 0 Å². The summed E-state index contributed by atoms with van der Waals surface area (Å²) in [6.45, 7) is 3.20. The molecule has 2 aromatic heterocycles. The fourth-order valence-corrected chi connectivity index (χ4v) is 2.68. The van der Waals surface area contributed by atoms with Gasteiger partial charge in [-0.2, -0.15) is 4.98 Å². The molecule has 2 heterocycles. The monoisotopic (exact) mass is 248 g/mol. The number of hydrogen-bond acceptors (Lipinski definition) is 3. The molecule has 0 spiro atoms. The predicted octanol–water partition coefficient (Wildman–Crippen LogP) is 2.72. The minimum atomic E-state index is -0.302. The zero-order valence-electron chi connectivity index (χ0n) is 10.4. The lowest BCUT2D eigenvalue weighted by atomic mass is 10.1. The fraction of sp³-hybridized carbons (Fsp3) is 0.538. The predicted molar refractivity (Wildman–Crippen MR) is 67.9 cm³/mol. The van der Waals surface area contributed by atoms with Crippen molar-refractivity contribution < 1.29 is 4.39 Å². The molecule has 2 aromatic rings. The number of anilines is 1. The zero-order chi connectivity index (χ0) is 12.5. The van der Waals surface area contributed by atoms with Crippen molar-refractivity contribution in [1.29, 1.82) is 0 Å². The van der Waals surface area contributed by atoms with Crippen molar-refractivity contribution in [2.75, 3.05) is 11.9 Å².